The summed E-state index contributed by atoms with van der Waals surface area (Å²) in [4.78, 5) is 17.2. The first-order valence-electron chi connectivity index (χ1n) is 9.18. The number of hydrogen-bond donors (Lipinski definition) is 0. The minimum Gasteiger partial charge on any atom is -0.295 e. The molecule has 7 nitrogen and oxygen atoms in total. The number of thioether (sulfide) groups is 1. The molecular formula is C21H18N6OS. The second kappa shape index (κ2) is 6.89. The number of imidazole rings is 1. The van der Waals surface area contributed by atoms with Crippen molar-refractivity contribution in [2.24, 2.45) is 7.05 Å². The number of hydrogen-bond acceptors (Lipinski definition) is 5. The topological polar surface area (TPSA) is 70.0 Å². The first-order chi connectivity index (χ1) is 14.1. The molecule has 0 aliphatic rings. The van der Waals surface area contributed by atoms with Crippen molar-refractivity contribution in [1.29, 1.82) is 0 Å². The first kappa shape index (κ1) is 17.7. The minimum absolute atomic E-state index is 0.0672. The Balaban J connectivity index is 1.57. The monoisotopic (exact) mass is 402 g/mol. The van der Waals surface area contributed by atoms with E-state index in [1.165, 1.54) is 0 Å². The van der Waals surface area contributed by atoms with E-state index in [-0.39, 0.29) is 5.56 Å². The van der Waals surface area contributed by atoms with Crippen LogP contribution in [-0.2, 0) is 12.8 Å². The van der Waals surface area contributed by atoms with Gasteiger partial charge in [0, 0.05) is 25.1 Å². The lowest BCUT2D eigenvalue weighted by Crippen LogP contribution is -2.20. The van der Waals surface area contributed by atoms with E-state index >= 15 is 0 Å². The van der Waals surface area contributed by atoms with Crippen LogP contribution in [-0.4, -0.2) is 28.7 Å². The van der Waals surface area contributed by atoms with Gasteiger partial charge in [-0.2, -0.15) is 0 Å². The van der Waals surface area contributed by atoms with Crippen LogP contribution in [0.1, 0.15) is 11.4 Å². The summed E-state index contributed by atoms with van der Waals surface area (Å²) in [7, 11) is 1.73. The average molecular weight is 402 g/mol. The van der Waals surface area contributed by atoms with Crippen LogP contribution in [0.3, 0.4) is 0 Å². The molecule has 0 unspecified atom stereocenters. The number of para-hydroxylation sites is 1. The minimum atomic E-state index is -0.0672. The molecule has 0 saturated carbocycles. The highest BCUT2D eigenvalue weighted by Gasteiger charge is 2.16. The van der Waals surface area contributed by atoms with Crippen LogP contribution >= 0.6 is 11.8 Å². The Morgan fingerprint density at radius 2 is 1.90 bits per heavy atom. The molecule has 144 valence electrons. The Bertz CT molecular complexity index is 1400. The van der Waals surface area contributed by atoms with Gasteiger partial charge in [-0.3, -0.25) is 18.3 Å². The molecule has 0 atom stereocenters. The predicted molar refractivity (Wildman–Crippen MR) is 114 cm³/mol. The highest BCUT2D eigenvalue weighted by Crippen LogP contribution is 2.25. The Hall–Kier alpha value is -3.39. The third-order valence-corrected chi connectivity index (χ3v) is 5.88. The lowest BCUT2D eigenvalue weighted by Gasteiger charge is -2.09. The predicted octanol–water partition coefficient (Wildman–Crippen LogP) is 3.37. The third-order valence-electron chi connectivity index (χ3n) is 4.91. The van der Waals surface area contributed by atoms with Gasteiger partial charge in [-0.25, -0.2) is 4.98 Å². The molecule has 0 radical (unpaired) electrons. The SMILES string of the molecule is Cc1ccc2c(c1)c(=O)n(C)c1nnc(CSc3nccn3-c3ccccc3)n21. The van der Waals surface area contributed by atoms with Crippen molar-refractivity contribution >= 4 is 28.4 Å². The van der Waals surface area contributed by atoms with Gasteiger partial charge in [-0.05, 0) is 31.2 Å². The Kier molecular flexibility index (Phi) is 4.21. The molecule has 0 aliphatic carbocycles. The number of rotatable bonds is 4. The lowest BCUT2D eigenvalue weighted by molar-refractivity contribution is 0.857. The third kappa shape index (κ3) is 2.92. The molecule has 0 N–H and O–H groups in total. The summed E-state index contributed by atoms with van der Waals surface area (Å²) in [6, 6.07) is 16.0. The summed E-state index contributed by atoms with van der Waals surface area (Å²) >= 11 is 1.58. The molecule has 0 saturated heterocycles. The van der Waals surface area contributed by atoms with Crippen molar-refractivity contribution in [2.75, 3.05) is 0 Å². The zero-order chi connectivity index (χ0) is 20.0. The molecule has 0 spiro atoms. The van der Waals surface area contributed by atoms with Crippen LogP contribution in [0.2, 0.25) is 0 Å². The van der Waals surface area contributed by atoms with E-state index in [1.54, 1.807) is 29.6 Å². The molecular weight excluding hydrogens is 384 g/mol. The Morgan fingerprint density at radius 3 is 2.72 bits per heavy atom. The molecule has 29 heavy (non-hydrogen) atoms. The number of aromatic nitrogens is 6. The fourth-order valence-electron chi connectivity index (χ4n) is 3.46. The number of aryl methyl sites for hydroxylation is 2. The standard InChI is InChI=1S/C21H18N6OS/c1-14-8-9-17-16(12-14)19(28)25(2)20-24-23-18(27(17)20)13-29-21-22-10-11-26(21)15-6-4-3-5-7-15/h3-12H,13H2,1-2H3. The maximum absolute atomic E-state index is 12.7. The van der Waals surface area contributed by atoms with Gasteiger partial charge in [0.25, 0.3) is 5.56 Å². The maximum atomic E-state index is 12.7. The summed E-state index contributed by atoms with van der Waals surface area (Å²) in [5.41, 5.74) is 2.85. The number of nitrogens with zero attached hydrogens (tertiary/aromatic N) is 6. The molecule has 3 aromatic heterocycles. The molecule has 0 aliphatic heterocycles. The van der Waals surface area contributed by atoms with E-state index in [2.05, 4.69) is 15.2 Å². The van der Waals surface area contributed by atoms with E-state index in [0.29, 0.717) is 16.9 Å². The van der Waals surface area contributed by atoms with E-state index < -0.39 is 0 Å². The quantitative estimate of drug-likeness (QED) is 0.431. The maximum Gasteiger partial charge on any atom is 0.262 e. The molecule has 0 amide bonds. The van der Waals surface area contributed by atoms with Crippen LogP contribution in [0.5, 0.6) is 0 Å². The summed E-state index contributed by atoms with van der Waals surface area (Å²) in [6.07, 6.45) is 3.74. The second-order valence-electron chi connectivity index (χ2n) is 6.84. The van der Waals surface area contributed by atoms with Crippen molar-refractivity contribution in [3.8, 4) is 5.69 Å². The van der Waals surface area contributed by atoms with Gasteiger partial charge in [0.1, 0.15) is 5.82 Å². The summed E-state index contributed by atoms with van der Waals surface area (Å²) in [5.74, 6) is 1.89. The number of fused-ring (bicyclic) bond motifs is 3. The normalized spacial score (nSPS) is 11.5. The summed E-state index contributed by atoms with van der Waals surface area (Å²) in [5, 5.41) is 10.2. The second-order valence-corrected chi connectivity index (χ2v) is 7.78. The van der Waals surface area contributed by atoms with Gasteiger partial charge in [-0.15, -0.1) is 10.2 Å². The van der Waals surface area contributed by atoms with Crippen LogP contribution in [0.15, 0.2) is 70.9 Å². The van der Waals surface area contributed by atoms with Crippen molar-refractivity contribution < 1.29 is 0 Å². The van der Waals surface area contributed by atoms with Crippen LogP contribution in [0, 0.1) is 6.92 Å². The van der Waals surface area contributed by atoms with Crippen molar-refractivity contribution in [3.05, 3.63) is 82.7 Å². The van der Waals surface area contributed by atoms with Crippen LogP contribution in [0.4, 0.5) is 0 Å². The fourth-order valence-corrected chi connectivity index (χ4v) is 4.35. The zero-order valence-electron chi connectivity index (χ0n) is 16.0. The molecule has 0 fully saturated rings. The summed E-state index contributed by atoms with van der Waals surface area (Å²) < 4.78 is 5.55. The molecule has 5 rings (SSSR count). The summed E-state index contributed by atoms with van der Waals surface area (Å²) in [6.45, 7) is 1.98. The molecule has 8 heteroatoms. The number of benzene rings is 2. The van der Waals surface area contributed by atoms with E-state index in [4.69, 9.17) is 0 Å². The van der Waals surface area contributed by atoms with Crippen LogP contribution < -0.4 is 5.56 Å². The van der Waals surface area contributed by atoms with Gasteiger partial charge in [0.05, 0.1) is 16.7 Å². The van der Waals surface area contributed by atoms with Gasteiger partial charge >= 0.3 is 0 Å². The van der Waals surface area contributed by atoms with E-state index in [0.717, 1.165) is 27.7 Å². The van der Waals surface area contributed by atoms with E-state index in [1.807, 2.05) is 70.6 Å². The highest BCUT2D eigenvalue weighted by molar-refractivity contribution is 7.98. The fraction of sp³-hybridized carbons (Fsp3) is 0.143. The Labute approximate surface area is 170 Å². The first-order valence-corrected chi connectivity index (χ1v) is 10.2. The van der Waals surface area contributed by atoms with Gasteiger partial charge in [-0.1, -0.05) is 41.6 Å². The van der Waals surface area contributed by atoms with Crippen LogP contribution in [0.25, 0.3) is 22.4 Å². The van der Waals surface area contributed by atoms with Gasteiger partial charge in [0.2, 0.25) is 5.78 Å². The molecule has 5 aromatic rings. The largest absolute Gasteiger partial charge is 0.295 e. The van der Waals surface area contributed by atoms with E-state index in [9.17, 15) is 4.79 Å². The molecule has 3 heterocycles. The van der Waals surface area contributed by atoms with Gasteiger partial charge < -0.3 is 0 Å². The highest BCUT2D eigenvalue weighted by atomic mass is 32.2. The van der Waals surface area contributed by atoms with Crippen molar-refractivity contribution in [3.63, 3.8) is 0 Å². The van der Waals surface area contributed by atoms with Gasteiger partial charge in [0.15, 0.2) is 5.16 Å². The van der Waals surface area contributed by atoms with Crippen molar-refractivity contribution in [2.45, 2.75) is 17.8 Å². The smallest absolute Gasteiger partial charge is 0.262 e. The van der Waals surface area contributed by atoms with Crippen molar-refractivity contribution in [1.82, 2.24) is 28.7 Å². The molecule has 0 bridgehead atoms. The average Bonchev–Trinajstić information content (AvgIpc) is 3.38. The Morgan fingerprint density at radius 1 is 1.07 bits per heavy atom. The zero-order valence-corrected chi connectivity index (χ0v) is 16.8. The molecule has 2 aromatic carbocycles. The lowest BCUT2D eigenvalue weighted by atomic mass is 10.1.